The van der Waals surface area contributed by atoms with E-state index in [9.17, 15) is 15.7 Å². The number of hydrogen-bond donors (Lipinski definition) is 2. The Balaban J connectivity index is 2.62. The summed E-state index contributed by atoms with van der Waals surface area (Å²) in [5.41, 5.74) is 5.24. The molecule has 0 atom stereocenters. The first kappa shape index (κ1) is 14.6. The average Bonchev–Trinajstić information content (AvgIpc) is 2.28. The van der Waals surface area contributed by atoms with E-state index in [0.29, 0.717) is 6.42 Å². The van der Waals surface area contributed by atoms with E-state index in [4.69, 9.17) is 5.73 Å². The van der Waals surface area contributed by atoms with Crippen LogP contribution < -0.4 is 11.1 Å². The van der Waals surface area contributed by atoms with E-state index in [1.807, 2.05) is 0 Å². The van der Waals surface area contributed by atoms with Crippen molar-refractivity contribution >= 4 is 37.3 Å². The summed E-state index contributed by atoms with van der Waals surface area (Å²) < 4.78 is 22.2. The van der Waals surface area contributed by atoms with Crippen molar-refractivity contribution in [2.24, 2.45) is 5.73 Å². The maximum Gasteiger partial charge on any atom is 0.342 e. The zero-order chi connectivity index (χ0) is 13.5. The summed E-state index contributed by atoms with van der Waals surface area (Å²) in [5, 5.41) is 2.51. The zero-order valence-corrected chi connectivity index (χ0v) is 11.7. The van der Waals surface area contributed by atoms with Gasteiger partial charge >= 0.3 is 19.8 Å². The molecule has 0 unspecified atom stereocenters. The normalized spacial score (nSPS) is 10.3. The molecule has 0 aliphatic heterocycles. The second-order valence-corrected chi connectivity index (χ2v) is 5.97. The number of benzene rings is 1. The van der Waals surface area contributed by atoms with Gasteiger partial charge in [-0.15, -0.1) is 0 Å². The van der Waals surface area contributed by atoms with E-state index in [1.54, 1.807) is 12.1 Å². The topological polar surface area (TPSA) is 106 Å². The van der Waals surface area contributed by atoms with Gasteiger partial charge < -0.3 is 11.1 Å². The molecule has 98 valence electrons. The summed E-state index contributed by atoms with van der Waals surface area (Å²) in [5.74, 6) is -0.794. The number of anilines is 1. The van der Waals surface area contributed by atoms with Gasteiger partial charge in [0.1, 0.15) is 0 Å². The second-order valence-electron chi connectivity index (χ2n) is 3.57. The van der Waals surface area contributed by atoms with Crippen LogP contribution in [0.2, 0.25) is 0 Å². The van der Waals surface area contributed by atoms with Crippen molar-refractivity contribution in [2.75, 3.05) is 5.32 Å². The Kier molecular flexibility index (Phi) is 5.69. The third-order valence-electron chi connectivity index (χ3n) is 2.14. The minimum absolute atomic E-state index is 0.128. The van der Waals surface area contributed by atoms with E-state index >= 15 is 0 Å². The molecule has 0 radical (unpaired) electrons. The van der Waals surface area contributed by atoms with Crippen LogP contribution in [0.5, 0.6) is 0 Å². The van der Waals surface area contributed by atoms with Crippen molar-refractivity contribution in [1.82, 2.24) is 0 Å². The molecule has 0 bridgehead atoms. The number of amides is 2. The molecule has 0 fully saturated rings. The molecule has 0 heterocycles. The molecule has 1 aromatic carbocycles. The van der Waals surface area contributed by atoms with Crippen molar-refractivity contribution in [3.8, 4) is 0 Å². The van der Waals surface area contributed by atoms with Crippen LogP contribution >= 0.6 is 19.8 Å². The van der Waals surface area contributed by atoms with E-state index in [1.165, 1.54) is 12.1 Å². The van der Waals surface area contributed by atoms with Gasteiger partial charge in [-0.2, -0.15) is 0 Å². The molecule has 0 aliphatic rings. The van der Waals surface area contributed by atoms with E-state index < -0.39 is 25.7 Å². The Labute approximate surface area is 111 Å². The largest absolute Gasteiger partial charge is 0.370 e. The Bertz CT molecular complexity index is 518. The Morgan fingerprint density at radius 1 is 1.17 bits per heavy atom. The Morgan fingerprint density at radius 2 is 1.83 bits per heavy atom. The Morgan fingerprint density at radius 3 is 2.44 bits per heavy atom. The molecule has 0 saturated heterocycles. The standard InChI is InChI=1S/C11H13IN2O4/c13-10(15)6-3-7-11(16)14-9-5-2-1-4-8(9)12(17)18/h1-2,4-5H,3,6-7H2,(H2,13,15)(H,14,16). The van der Waals surface area contributed by atoms with Crippen LogP contribution in [0.4, 0.5) is 5.69 Å². The van der Waals surface area contributed by atoms with Crippen LogP contribution in [0.3, 0.4) is 0 Å². The molecule has 2 amide bonds. The smallest absolute Gasteiger partial charge is 0.342 e. The fourth-order valence-corrected chi connectivity index (χ4v) is 2.62. The van der Waals surface area contributed by atoms with Gasteiger partial charge in [0.05, 0.1) is 9.26 Å². The molecule has 3 N–H and O–H groups in total. The number of nitrogens with two attached hydrogens (primary N) is 1. The first-order chi connectivity index (χ1) is 8.50. The second kappa shape index (κ2) is 7.04. The minimum atomic E-state index is -3.63. The van der Waals surface area contributed by atoms with Crippen molar-refractivity contribution < 1.29 is 15.7 Å². The predicted octanol–water partition coefficient (Wildman–Crippen LogP) is 1.65. The van der Waals surface area contributed by atoms with Crippen molar-refractivity contribution in [3.05, 3.63) is 27.8 Å². The molecule has 18 heavy (non-hydrogen) atoms. The third-order valence-corrected chi connectivity index (χ3v) is 4.03. The van der Waals surface area contributed by atoms with Crippen LogP contribution in [-0.4, -0.2) is 11.8 Å². The van der Waals surface area contributed by atoms with Gasteiger partial charge in [0, 0.05) is 12.8 Å². The summed E-state index contributed by atoms with van der Waals surface area (Å²) >= 11 is -3.63. The van der Waals surface area contributed by atoms with Gasteiger partial charge in [0.25, 0.3) is 0 Å². The maximum absolute atomic E-state index is 11.5. The minimum Gasteiger partial charge on any atom is -0.370 e. The number of para-hydroxylation sites is 1. The number of rotatable bonds is 6. The number of halogens is 1. The van der Waals surface area contributed by atoms with Crippen LogP contribution in [0.25, 0.3) is 0 Å². The zero-order valence-electron chi connectivity index (χ0n) is 9.52. The lowest BCUT2D eigenvalue weighted by Gasteiger charge is -2.06. The summed E-state index contributed by atoms with van der Waals surface area (Å²) in [6, 6.07) is 6.21. The third kappa shape index (κ3) is 4.78. The quantitative estimate of drug-likeness (QED) is 0.749. The summed E-state index contributed by atoms with van der Waals surface area (Å²) in [6.45, 7) is 0. The van der Waals surface area contributed by atoms with E-state index in [-0.39, 0.29) is 28.0 Å². The SMILES string of the molecule is NC(=O)CCCC(=O)Nc1ccccc1I(=O)=O. The molecule has 7 heteroatoms. The van der Waals surface area contributed by atoms with Crippen LogP contribution in [0, 0.1) is 3.57 Å². The number of carbonyl (C=O) groups is 2. The first-order valence-electron chi connectivity index (χ1n) is 5.23. The highest BCUT2D eigenvalue weighted by atomic mass is 127. The van der Waals surface area contributed by atoms with Gasteiger partial charge in [0.15, 0.2) is 0 Å². The molecule has 0 spiro atoms. The molecular formula is C11H13IN2O4. The highest BCUT2D eigenvalue weighted by Crippen LogP contribution is 2.25. The average molecular weight is 364 g/mol. The molecule has 0 aliphatic carbocycles. The molecule has 1 aromatic rings. The summed E-state index contributed by atoms with van der Waals surface area (Å²) in [7, 11) is 0. The predicted molar refractivity (Wildman–Crippen MR) is 72.2 cm³/mol. The van der Waals surface area contributed by atoms with Crippen LogP contribution in [-0.2, 0) is 15.7 Å². The highest BCUT2D eigenvalue weighted by molar-refractivity contribution is 14.2. The number of nitrogens with one attached hydrogen (secondary N) is 1. The lowest BCUT2D eigenvalue weighted by molar-refractivity contribution is -0.118. The molecule has 6 nitrogen and oxygen atoms in total. The fraction of sp³-hybridized carbons (Fsp3) is 0.273. The molecular weight excluding hydrogens is 351 g/mol. The van der Waals surface area contributed by atoms with Crippen LogP contribution in [0.15, 0.2) is 24.3 Å². The summed E-state index contributed by atoms with van der Waals surface area (Å²) in [6.07, 6.45) is 0.611. The fourth-order valence-electron chi connectivity index (χ4n) is 1.33. The van der Waals surface area contributed by atoms with E-state index in [0.717, 1.165) is 0 Å². The molecule has 1 rings (SSSR count). The first-order valence-corrected chi connectivity index (χ1v) is 8.07. The van der Waals surface area contributed by atoms with Crippen molar-refractivity contribution in [1.29, 1.82) is 0 Å². The van der Waals surface area contributed by atoms with Crippen molar-refractivity contribution in [3.63, 3.8) is 0 Å². The Hall–Kier alpha value is -1.51. The lowest BCUT2D eigenvalue weighted by atomic mass is 10.2. The maximum atomic E-state index is 11.5. The monoisotopic (exact) mass is 364 g/mol. The lowest BCUT2D eigenvalue weighted by Crippen LogP contribution is -2.15. The molecule has 0 saturated carbocycles. The summed E-state index contributed by atoms with van der Waals surface area (Å²) in [4.78, 5) is 22.0. The van der Waals surface area contributed by atoms with Gasteiger partial charge in [-0.1, -0.05) is 12.1 Å². The van der Waals surface area contributed by atoms with Crippen molar-refractivity contribution in [2.45, 2.75) is 19.3 Å². The van der Waals surface area contributed by atoms with Gasteiger partial charge in [-0.05, 0) is 18.6 Å². The number of primary amides is 1. The van der Waals surface area contributed by atoms with Crippen LogP contribution in [0.1, 0.15) is 19.3 Å². The highest BCUT2D eigenvalue weighted by Gasteiger charge is 2.09. The van der Waals surface area contributed by atoms with Gasteiger partial charge in [-0.3, -0.25) is 9.59 Å². The van der Waals surface area contributed by atoms with Gasteiger partial charge in [0.2, 0.25) is 11.8 Å². The molecule has 0 aromatic heterocycles. The number of hydrogen-bond acceptors (Lipinski definition) is 4. The van der Waals surface area contributed by atoms with Gasteiger partial charge in [-0.25, -0.2) is 6.14 Å². The van der Waals surface area contributed by atoms with E-state index in [2.05, 4.69) is 5.32 Å². The number of carbonyl (C=O) groups excluding carboxylic acids is 2.